The fraction of sp³-hybridized carbons (Fsp3) is 0.389. The molecule has 1 aromatic carbocycles. The zero-order valence-corrected chi connectivity index (χ0v) is 14.9. The van der Waals surface area contributed by atoms with Gasteiger partial charge in [0.05, 0.1) is 0 Å². The Kier molecular flexibility index (Phi) is 7.00. The van der Waals surface area contributed by atoms with Gasteiger partial charge in [-0.2, -0.15) is 0 Å². The number of halogens is 1. The number of nitrogens with zero attached hydrogens (tertiary/aromatic N) is 2. The van der Waals surface area contributed by atoms with Crippen LogP contribution in [0.25, 0.3) is 0 Å². The lowest BCUT2D eigenvalue weighted by molar-refractivity contribution is 0.0948. The van der Waals surface area contributed by atoms with Crippen LogP contribution in [0.1, 0.15) is 47.9 Å². The third-order valence-corrected chi connectivity index (χ3v) is 3.92. The number of carbonyl (C=O) groups excluding carboxylic acids is 1. The Morgan fingerprint density at radius 2 is 2.00 bits per heavy atom. The van der Waals surface area contributed by atoms with Crippen molar-refractivity contribution in [3.8, 4) is 0 Å². The molecule has 1 aromatic heterocycles. The second kappa shape index (κ2) is 9.23. The predicted molar refractivity (Wildman–Crippen MR) is 97.4 cm³/mol. The monoisotopic (exact) mass is 346 g/mol. The first kappa shape index (κ1) is 18.2. The number of anilines is 1. The summed E-state index contributed by atoms with van der Waals surface area (Å²) in [6.07, 6.45) is 3.20. The number of amides is 1. The molecule has 0 radical (unpaired) electrons. The van der Waals surface area contributed by atoms with Crippen LogP contribution in [0.4, 0.5) is 5.95 Å². The van der Waals surface area contributed by atoms with Gasteiger partial charge < -0.3 is 10.6 Å². The van der Waals surface area contributed by atoms with Gasteiger partial charge in [0.1, 0.15) is 5.69 Å². The molecule has 2 N–H and O–H groups in total. The molecule has 2 aromatic rings. The molecule has 1 heterocycles. The zero-order valence-electron chi connectivity index (χ0n) is 14.1. The standard InChI is InChI=1S/C18H23ClN4O/c1-3-4-7-10-20-17(24)16-11-13(2)22-18(23-16)21-12-14-8-5-6-9-15(14)19/h5-6,8-9,11H,3-4,7,10,12H2,1-2H3,(H,20,24)(H,21,22,23). The van der Waals surface area contributed by atoms with E-state index in [9.17, 15) is 4.79 Å². The Hall–Kier alpha value is -2.14. The summed E-state index contributed by atoms with van der Waals surface area (Å²) in [5.41, 5.74) is 2.07. The van der Waals surface area contributed by atoms with Crippen molar-refractivity contribution in [3.05, 3.63) is 52.3 Å². The first-order valence-electron chi connectivity index (χ1n) is 8.21. The normalized spacial score (nSPS) is 10.5. The summed E-state index contributed by atoms with van der Waals surface area (Å²) in [6.45, 7) is 5.14. The Morgan fingerprint density at radius 3 is 2.75 bits per heavy atom. The van der Waals surface area contributed by atoms with E-state index in [0.717, 1.165) is 30.5 Å². The van der Waals surface area contributed by atoms with E-state index in [1.54, 1.807) is 6.07 Å². The van der Waals surface area contributed by atoms with Crippen molar-refractivity contribution in [3.63, 3.8) is 0 Å². The molecular formula is C18H23ClN4O. The maximum absolute atomic E-state index is 12.2. The molecule has 24 heavy (non-hydrogen) atoms. The van der Waals surface area contributed by atoms with Crippen LogP contribution in [-0.4, -0.2) is 22.4 Å². The van der Waals surface area contributed by atoms with Gasteiger partial charge in [-0.15, -0.1) is 0 Å². The highest BCUT2D eigenvalue weighted by Gasteiger charge is 2.10. The summed E-state index contributed by atoms with van der Waals surface area (Å²) >= 11 is 6.14. The molecular weight excluding hydrogens is 324 g/mol. The van der Waals surface area contributed by atoms with Gasteiger partial charge in [-0.25, -0.2) is 9.97 Å². The average Bonchev–Trinajstić information content (AvgIpc) is 2.57. The number of unbranched alkanes of at least 4 members (excludes halogenated alkanes) is 2. The lowest BCUT2D eigenvalue weighted by atomic mass is 10.2. The topological polar surface area (TPSA) is 66.9 Å². The molecule has 0 atom stereocenters. The summed E-state index contributed by atoms with van der Waals surface area (Å²) in [4.78, 5) is 20.8. The first-order valence-corrected chi connectivity index (χ1v) is 8.59. The average molecular weight is 347 g/mol. The van der Waals surface area contributed by atoms with Gasteiger partial charge >= 0.3 is 0 Å². The Morgan fingerprint density at radius 1 is 1.21 bits per heavy atom. The Balaban J connectivity index is 2.00. The summed E-state index contributed by atoms with van der Waals surface area (Å²) in [5, 5.41) is 6.71. The molecule has 0 fully saturated rings. The van der Waals surface area contributed by atoms with Crippen molar-refractivity contribution in [2.75, 3.05) is 11.9 Å². The van der Waals surface area contributed by atoms with Crippen LogP contribution in [-0.2, 0) is 6.54 Å². The maximum Gasteiger partial charge on any atom is 0.270 e. The van der Waals surface area contributed by atoms with Crippen LogP contribution >= 0.6 is 11.6 Å². The Bertz CT molecular complexity index is 690. The van der Waals surface area contributed by atoms with Gasteiger partial charge in [0.25, 0.3) is 5.91 Å². The molecule has 128 valence electrons. The lowest BCUT2D eigenvalue weighted by Gasteiger charge is -2.09. The summed E-state index contributed by atoms with van der Waals surface area (Å²) in [7, 11) is 0. The number of rotatable bonds is 8. The number of aromatic nitrogens is 2. The van der Waals surface area contributed by atoms with E-state index in [2.05, 4.69) is 27.5 Å². The van der Waals surface area contributed by atoms with Crippen LogP contribution in [0.3, 0.4) is 0 Å². The fourth-order valence-electron chi connectivity index (χ4n) is 2.25. The molecule has 0 spiro atoms. The van der Waals surface area contributed by atoms with Crippen LogP contribution in [0.2, 0.25) is 5.02 Å². The van der Waals surface area contributed by atoms with Crippen LogP contribution < -0.4 is 10.6 Å². The van der Waals surface area contributed by atoms with E-state index < -0.39 is 0 Å². The van der Waals surface area contributed by atoms with Gasteiger partial charge in [-0.05, 0) is 31.0 Å². The zero-order chi connectivity index (χ0) is 17.4. The maximum atomic E-state index is 12.2. The quantitative estimate of drug-likeness (QED) is 0.710. The highest BCUT2D eigenvalue weighted by Crippen LogP contribution is 2.16. The van der Waals surface area contributed by atoms with Gasteiger partial charge in [-0.1, -0.05) is 49.6 Å². The first-order chi connectivity index (χ1) is 11.6. The highest BCUT2D eigenvalue weighted by molar-refractivity contribution is 6.31. The number of hydrogen-bond acceptors (Lipinski definition) is 4. The van der Waals surface area contributed by atoms with Crippen LogP contribution in [0, 0.1) is 6.92 Å². The number of aryl methyl sites for hydroxylation is 1. The molecule has 0 unspecified atom stereocenters. The minimum Gasteiger partial charge on any atom is -0.351 e. The second-order valence-electron chi connectivity index (χ2n) is 5.63. The lowest BCUT2D eigenvalue weighted by Crippen LogP contribution is -2.26. The third kappa shape index (κ3) is 5.49. The second-order valence-corrected chi connectivity index (χ2v) is 6.03. The minimum atomic E-state index is -0.169. The van der Waals surface area contributed by atoms with E-state index in [0.29, 0.717) is 29.8 Å². The fourth-order valence-corrected chi connectivity index (χ4v) is 2.45. The van der Waals surface area contributed by atoms with Gasteiger partial charge in [0, 0.05) is 23.8 Å². The van der Waals surface area contributed by atoms with Crippen LogP contribution in [0.5, 0.6) is 0 Å². The molecule has 0 aliphatic rings. The van der Waals surface area contributed by atoms with Crippen molar-refractivity contribution in [1.29, 1.82) is 0 Å². The van der Waals surface area contributed by atoms with Crippen molar-refractivity contribution in [2.24, 2.45) is 0 Å². The summed E-state index contributed by atoms with van der Waals surface area (Å²) in [6, 6.07) is 9.28. The molecule has 0 aliphatic heterocycles. The number of carbonyl (C=O) groups is 1. The Labute approximate surface area is 147 Å². The van der Waals surface area contributed by atoms with Gasteiger partial charge in [0.2, 0.25) is 5.95 Å². The number of hydrogen-bond donors (Lipinski definition) is 2. The smallest absolute Gasteiger partial charge is 0.270 e. The summed E-state index contributed by atoms with van der Waals surface area (Å²) in [5.74, 6) is 0.256. The molecule has 0 saturated heterocycles. The van der Waals surface area contributed by atoms with E-state index in [1.165, 1.54) is 0 Å². The van der Waals surface area contributed by atoms with Crippen LogP contribution in [0.15, 0.2) is 30.3 Å². The van der Waals surface area contributed by atoms with E-state index in [-0.39, 0.29) is 5.91 Å². The van der Waals surface area contributed by atoms with Crippen molar-refractivity contribution >= 4 is 23.5 Å². The third-order valence-electron chi connectivity index (χ3n) is 3.55. The van der Waals surface area contributed by atoms with Gasteiger partial charge in [-0.3, -0.25) is 4.79 Å². The van der Waals surface area contributed by atoms with Crippen molar-refractivity contribution in [2.45, 2.75) is 39.7 Å². The SMILES string of the molecule is CCCCCNC(=O)c1cc(C)nc(NCc2ccccc2Cl)n1. The molecule has 2 rings (SSSR count). The molecule has 6 heteroatoms. The van der Waals surface area contributed by atoms with Crippen molar-refractivity contribution < 1.29 is 4.79 Å². The molecule has 0 bridgehead atoms. The molecule has 0 saturated carbocycles. The largest absolute Gasteiger partial charge is 0.351 e. The van der Waals surface area contributed by atoms with E-state index in [4.69, 9.17) is 11.6 Å². The van der Waals surface area contributed by atoms with E-state index in [1.807, 2.05) is 31.2 Å². The molecule has 5 nitrogen and oxygen atoms in total. The minimum absolute atomic E-state index is 0.169. The number of nitrogens with one attached hydrogen (secondary N) is 2. The van der Waals surface area contributed by atoms with Crippen molar-refractivity contribution in [1.82, 2.24) is 15.3 Å². The molecule has 1 amide bonds. The number of benzene rings is 1. The van der Waals surface area contributed by atoms with E-state index >= 15 is 0 Å². The summed E-state index contributed by atoms with van der Waals surface area (Å²) < 4.78 is 0. The predicted octanol–water partition coefficient (Wildman–Crippen LogP) is 3.97. The van der Waals surface area contributed by atoms with Gasteiger partial charge in [0.15, 0.2) is 0 Å². The molecule has 0 aliphatic carbocycles. The highest BCUT2D eigenvalue weighted by atomic mass is 35.5.